The lowest BCUT2D eigenvalue weighted by Gasteiger charge is -2.27. The van der Waals surface area contributed by atoms with Gasteiger partial charge in [-0.1, -0.05) is 33.3 Å². The Labute approximate surface area is 169 Å². The molecule has 0 aromatic heterocycles. The van der Waals surface area contributed by atoms with Crippen LogP contribution in [0.4, 0.5) is 0 Å². The summed E-state index contributed by atoms with van der Waals surface area (Å²) in [4.78, 5) is 27.2. The largest absolute Gasteiger partial charge is 0.309 e. The van der Waals surface area contributed by atoms with E-state index in [2.05, 4.69) is 51.2 Å². The number of nitrogens with zero attached hydrogens (tertiary/aromatic N) is 2. The molecule has 0 radical (unpaired) electrons. The summed E-state index contributed by atoms with van der Waals surface area (Å²) in [7, 11) is 0. The summed E-state index contributed by atoms with van der Waals surface area (Å²) in [6.07, 6.45) is 10.8. The number of allylic oxidation sites excluding steroid dienone is 4. The molecule has 0 aromatic rings. The predicted octanol–water partition coefficient (Wildman–Crippen LogP) is 4.87. The topological polar surface area (TPSA) is 61.8 Å². The monoisotopic (exact) mass is 385 g/mol. The van der Waals surface area contributed by atoms with Crippen LogP contribution in [0, 0.1) is 5.41 Å². The van der Waals surface area contributed by atoms with Gasteiger partial charge in [-0.25, -0.2) is 0 Å². The van der Waals surface area contributed by atoms with Crippen molar-refractivity contribution >= 4 is 17.4 Å². The zero-order valence-electron chi connectivity index (χ0n) is 18.3. The first-order valence-corrected chi connectivity index (χ1v) is 10.6. The Balaban J connectivity index is 2.28. The zero-order chi connectivity index (χ0) is 20.9. The first kappa shape index (κ1) is 22.1. The van der Waals surface area contributed by atoms with Gasteiger partial charge in [-0.3, -0.25) is 15.0 Å². The lowest BCUT2D eigenvalue weighted by molar-refractivity contribution is -0.136. The maximum absolute atomic E-state index is 13.2. The third-order valence-electron chi connectivity index (χ3n) is 5.90. The van der Waals surface area contributed by atoms with Crippen LogP contribution in [0.5, 0.6) is 0 Å². The Kier molecular flexibility index (Phi) is 7.39. The van der Waals surface area contributed by atoms with Crippen molar-refractivity contribution in [2.24, 2.45) is 10.5 Å². The van der Waals surface area contributed by atoms with E-state index in [1.807, 2.05) is 17.1 Å². The van der Waals surface area contributed by atoms with Crippen molar-refractivity contribution in [1.82, 2.24) is 10.3 Å². The molecule has 1 aliphatic heterocycles. The number of fused-ring (bicyclic) bond motifs is 1. The molecule has 28 heavy (non-hydrogen) atoms. The Bertz CT molecular complexity index is 737. The molecule has 0 unspecified atom stereocenters. The number of hydrazone groups is 1. The van der Waals surface area contributed by atoms with Gasteiger partial charge in [0.25, 0.3) is 0 Å². The van der Waals surface area contributed by atoms with Gasteiger partial charge in [-0.2, -0.15) is 5.10 Å². The summed E-state index contributed by atoms with van der Waals surface area (Å²) < 4.78 is 0. The average Bonchev–Trinajstić information content (AvgIpc) is 2.78. The van der Waals surface area contributed by atoms with Crippen molar-refractivity contribution in [3.8, 4) is 0 Å². The second-order valence-corrected chi connectivity index (χ2v) is 7.96. The molecule has 0 saturated carbocycles. The van der Waals surface area contributed by atoms with E-state index in [0.29, 0.717) is 18.6 Å². The quantitative estimate of drug-likeness (QED) is 0.455. The van der Waals surface area contributed by atoms with Crippen molar-refractivity contribution in [3.63, 3.8) is 0 Å². The van der Waals surface area contributed by atoms with Crippen LogP contribution >= 0.6 is 0 Å². The maximum Gasteiger partial charge on any atom is 0.237 e. The van der Waals surface area contributed by atoms with Crippen LogP contribution in [0.15, 0.2) is 40.3 Å². The van der Waals surface area contributed by atoms with Gasteiger partial charge in [0, 0.05) is 30.3 Å². The maximum atomic E-state index is 13.2. The first-order chi connectivity index (χ1) is 13.3. The van der Waals surface area contributed by atoms with Crippen molar-refractivity contribution in [1.29, 1.82) is 0 Å². The number of hydrogen-bond donors (Lipinski definition) is 1. The number of unbranched alkanes of at least 4 members (excludes halogenated alkanes) is 1. The van der Waals surface area contributed by atoms with E-state index in [1.165, 1.54) is 0 Å². The third kappa shape index (κ3) is 4.13. The number of amides is 1. The molecule has 1 fully saturated rings. The molecule has 5 heteroatoms. The minimum Gasteiger partial charge on any atom is -0.309 e. The molecule has 1 saturated heterocycles. The van der Waals surface area contributed by atoms with E-state index in [4.69, 9.17) is 0 Å². The van der Waals surface area contributed by atoms with E-state index in [-0.39, 0.29) is 17.7 Å². The molecular weight excluding hydrogens is 350 g/mol. The van der Waals surface area contributed by atoms with Crippen LogP contribution in [-0.2, 0) is 9.59 Å². The fraction of sp³-hybridized carbons (Fsp3) is 0.609. The Morgan fingerprint density at radius 2 is 1.93 bits per heavy atom. The number of carbonyl (C=O) groups excluding carboxylic acids is 2. The van der Waals surface area contributed by atoms with E-state index in [9.17, 15) is 9.59 Å². The number of ketones is 1. The fourth-order valence-corrected chi connectivity index (χ4v) is 4.02. The van der Waals surface area contributed by atoms with Gasteiger partial charge >= 0.3 is 0 Å². The number of rotatable bonds is 9. The van der Waals surface area contributed by atoms with Crippen LogP contribution in [-0.4, -0.2) is 28.3 Å². The molecule has 1 N–H and O–H groups in total. The van der Waals surface area contributed by atoms with Gasteiger partial charge in [-0.15, -0.1) is 0 Å². The lowest BCUT2D eigenvalue weighted by atomic mass is 9.76. The molecule has 0 spiro atoms. The van der Waals surface area contributed by atoms with Gasteiger partial charge in [0.05, 0.1) is 5.41 Å². The van der Waals surface area contributed by atoms with Crippen LogP contribution in [0.25, 0.3) is 0 Å². The second kappa shape index (κ2) is 9.35. The molecule has 154 valence electrons. The minimum absolute atomic E-state index is 0.0877. The van der Waals surface area contributed by atoms with Gasteiger partial charge < -0.3 is 4.90 Å². The Morgan fingerprint density at radius 3 is 2.50 bits per heavy atom. The van der Waals surface area contributed by atoms with Gasteiger partial charge in [-0.05, 0) is 57.8 Å². The van der Waals surface area contributed by atoms with Crippen molar-refractivity contribution in [2.45, 2.75) is 86.1 Å². The average molecular weight is 386 g/mol. The SMILES string of the molecule is CCCCC(=O)/C(C)=N/NC1=CC=C2C(=CC1)C(CC)(CC)C(=O)N2C(C)C. The standard InChI is InChI=1S/C23H35N3O2/c1-7-10-11-21(27)17(6)24-25-18-12-14-19-20(15-13-18)26(16(4)5)22(28)23(19,8-2)9-3/h13-16,25H,7-12H2,1-6H3/b24-17+. The smallest absolute Gasteiger partial charge is 0.237 e. The fourth-order valence-electron chi connectivity index (χ4n) is 4.02. The van der Waals surface area contributed by atoms with E-state index < -0.39 is 5.41 Å². The second-order valence-electron chi connectivity index (χ2n) is 7.96. The van der Waals surface area contributed by atoms with E-state index in [0.717, 1.165) is 42.7 Å². The summed E-state index contributed by atoms with van der Waals surface area (Å²) in [5, 5.41) is 4.29. The molecule has 2 rings (SSSR count). The van der Waals surface area contributed by atoms with E-state index in [1.54, 1.807) is 6.92 Å². The molecule has 2 aliphatic rings. The molecule has 1 amide bonds. The number of hydrogen-bond acceptors (Lipinski definition) is 4. The molecule has 0 aromatic carbocycles. The van der Waals surface area contributed by atoms with Crippen molar-refractivity contribution < 1.29 is 9.59 Å². The van der Waals surface area contributed by atoms with Gasteiger partial charge in [0.1, 0.15) is 5.71 Å². The van der Waals surface area contributed by atoms with Gasteiger partial charge in [0.15, 0.2) is 5.78 Å². The van der Waals surface area contributed by atoms with Crippen LogP contribution < -0.4 is 5.43 Å². The van der Waals surface area contributed by atoms with Crippen molar-refractivity contribution in [2.75, 3.05) is 0 Å². The molecule has 0 bridgehead atoms. The van der Waals surface area contributed by atoms with Crippen LogP contribution in [0.3, 0.4) is 0 Å². The highest BCUT2D eigenvalue weighted by Gasteiger charge is 2.51. The summed E-state index contributed by atoms with van der Waals surface area (Å²) in [5.74, 6) is 0.301. The minimum atomic E-state index is -0.436. The summed E-state index contributed by atoms with van der Waals surface area (Å²) in [6.45, 7) is 12.1. The van der Waals surface area contributed by atoms with Gasteiger partial charge in [0.2, 0.25) is 5.91 Å². The van der Waals surface area contributed by atoms with Crippen LogP contribution in [0.2, 0.25) is 0 Å². The normalized spacial score (nSPS) is 19.1. The Morgan fingerprint density at radius 1 is 1.25 bits per heavy atom. The zero-order valence-corrected chi connectivity index (χ0v) is 18.3. The highest BCUT2D eigenvalue weighted by atomic mass is 16.2. The van der Waals surface area contributed by atoms with E-state index >= 15 is 0 Å². The molecule has 1 heterocycles. The summed E-state index contributed by atoms with van der Waals surface area (Å²) >= 11 is 0. The molecule has 0 atom stereocenters. The predicted molar refractivity (Wildman–Crippen MR) is 115 cm³/mol. The molecule has 5 nitrogen and oxygen atoms in total. The highest BCUT2D eigenvalue weighted by Crippen LogP contribution is 2.50. The van der Waals surface area contributed by atoms with Crippen LogP contribution in [0.1, 0.15) is 80.1 Å². The highest BCUT2D eigenvalue weighted by molar-refractivity contribution is 6.38. The number of Topliss-reactive ketones (excluding diaryl/α,β-unsaturated/α-hetero) is 1. The molecule has 1 aliphatic carbocycles. The first-order valence-electron chi connectivity index (χ1n) is 10.6. The lowest BCUT2D eigenvalue weighted by Crippen LogP contribution is -2.37. The number of likely N-dealkylation sites (tertiary alicyclic amines) is 1. The number of nitrogens with one attached hydrogen (secondary N) is 1. The Hall–Kier alpha value is -2.17. The summed E-state index contributed by atoms with van der Waals surface area (Å²) in [5.41, 5.74) is 6.19. The molecular formula is C23H35N3O2. The summed E-state index contributed by atoms with van der Waals surface area (Å²) in [6, 6.07) is 0.112. The third-order valence-corrected chi connectivity index (χ3v) is 5.90. The van der Waals surface area contributed by atoms with Crippen molar-refractivity contribution in [3.05, 3.63) is 35.2 Å². The number of carbonyl (C=O) groups is 2.